The van der Waals surface area contributed by atoms with Gasteiger partial charge < -0.3 is 4.90 Å². The van der Waals surface area contributed by atoms with E-state index in [-0.39, 0.29) is 11.1 Å². The molecule has 1 aromatic heterocycles. The highest BCUT2D eigenvalue weighted by Gasteiger charge is 2.37. The predicted octanol–water partition coefficient (Wildman–Crippen LogP) is 2.36. The van der Waals surface area contributed by atoms with Crippen molar-refractivity contribution in [3.63, 3.8) is 0 Å². The van der Waals surface area contributed by atoms with Crippen LogP contribution < -0.4 is 4.90 Å². The van der Waals surface area contributed by atoms with Gasteiger partial charge in [0.05, 0.1) is 0 Å². The third-order valence-corrected chi connectivity index (χ3v) is 2.38. The van der Waals surface area contributed by atoms with Crippen molar-refractivity contribution in [2.75, 3.05) is 18.0 Å². The van der Waals surface area contributed by atoms with E-state index in [0.29, 0.717) is 13.1 Å². The summed E-state index contributed by atoms with van der Waals surface area (Å²) in [5, 5.41) is -0.162. The molecule has 7 heteroatoms. The Balaban J connectivity index is 2.44. The minimum Gasteiger partial charge on any atom is -0.356 e. The summed E-state index contributed by atoms with van der Waals surface area (Å²) >= 11 is 5.48. The van der Waals surface area contributed by atoms with Gasteiger partial charge in [0.1, 0.15) is 11.4 Å². The summed E-state index contributed by atoms with van der Waals surface area (Å²) in [5.74, 6) is -0.117. The molecule has 0 N–H and O–H groups in total. The molecule has 2 rings (SSSR count). The summed E-state index contributed by atoms with van der Waals surface area (Å²) in [4.78, 5) is 8.51. The highest BCUT2D eigenvalue weighted by atomic mass is 35.5. The average molecular weight is 238 g/mol. The van der Waals surface area contributed by atoms with Crippen molar-refractivity contribution < 1.29 is 13.2 Å². The molecule has 1 aliphatic heterocycles. The third kappa shape index (κ3) is 1.99. The van der Waals surface area contributed by atoms with Gasteiger partial charge in [0.25, 0.3) is 0 Å². The summed E-state index contributed by atoms with van der Waals surface area (Å²) in [6.45, 7) is 1.16. The number of hydrogen-bond donors (Lipinski definition) is 0. The van der Waals surface area contributed by atoms with E-state index in [0.717, 1.165) is 12.6 Å². The van der Waals surface area contributed by atoms with Crippen molar-refractivity contribution in [1.82, 2.24) is 9.97 Å². The molecule has 0 aromatic carbocycles. The first-order chi connectivity index (χ1) is 6.98. The fourth-order valence-electron chi connectivity index (χ4n) is 1.32. The van der Waals surface area contributed by atoms with Crippen molar-refractivity contribution >= 4 is 17.4 Å². The SMILES string of the molecule is FC(F)(F)c1cnc(Cl)nc1N1CCC1. The normalized spacial score (nSPS) is 16.4. The highest BCUT2D eigenvalue weighted by Crippen LogP contribution is 2.36. The van der Waals surface area contributed by atoms with Gasteiger partial charge in [-0.05, 0) is 18.0 Å². The van der Waals surface area contributed by atoms with E-state index < -0.39 is 11.7 Å². The summed E-state index contributed by atoms with van der Waals surface area (Å²) < 4.78 is 37.7. The second-order valence-corrected chi connectivity index (χ2v) is 3.55. The molecule has 1 fully saturated rings. The van der Waals surface area contributed by atoms with Crippen LogP contribution in [-0.2, 0) is 6.18 Å². The molecule has 1 saturated heterocycles. The second kappa shape index (κ2) is 3.52. The molecule has 82 valence electrons. The van der Waals surface area contributed by atoms with Crippen molar-refractivity contribution in [2.24, 2.45) is 0 Å². The van der Waals surface area contributed by atoms with E-state index in [2.05, 4.69) is 9.97 Å². The Bertz CT molecular complexity index is 376. The zero-order chi connectivity index (χ0) is 11.1. The lowest BCUT2D eigenvalue weighted by Gasteiger charge is -2.33. The number of hydrogen-bond acceptors (Lipinski definition) is 3. The monoisotopic (exact) mass is 237 g/mol. The van der Waals surface area contributed by atoms with Crippen molar-refractivity contribution in [2.45, 2.75) is 12.6 Å². The van der Waals surface area contributed by atoms with Crippen LogP contribution in [-0.4, -0.2) is 23.1 Å². The molecule has 3 nitrogen and oxygen atoms in total. The van der Waals surface area contributed by atoms with Gasteiger partial charge in [-0.3, -0.25) is 0 Å². The standard InChI is InChI=1S/C8H7ClF3N3/c9-7-13-4-5(8(10,11)12)6(14-7)15-2-1-3-15/h4H,1-3H2. The van der Waals surface area contributed by atoms with Crippen LogP contribution in [0, 0.1) is 0 Å². The molecule has 2 heterocycles. The molecule has 1 aromatic rings. The van der Waals surface area contributed by atoms with Gasteiger partial charge in [0, 0.05) is 19.3 Å². The molecule has 0 saturated carbocycles. The Morgan fingerprint density at radius 2 is 2.00 bits per heavy atom. The number of halogens is 4. The Morgan fingerprint density at radius 3 is 2.47 bits per heavy atom. The molecular formula is C8H7ClF3N3. The first-order valence-corrected chi connectivity index (χ1v) is 4.71. The highest BCUT2D eigenvalue weighted by molar-refractivity contribution is 6.28. The Kier molecular flexibility index (Phi) is 2.46. The third-order valence-electron chi connectivity index (χ3n) is 2.20. The number of alkyl halides is 3. The topological polar surface area (TPSA) is 29.0 Å². The van der Waals surface area contributed by atoms with Crippen LogP contribution >= 0.6 is 11.6 Å². The van der Waals surface area contributed by atoms with Gasteiger partial charge in [-0.2, -0.15) is 18.2 Å². The van der Waals surface area contributed by atoms with Crippen LogP contribution in [0.2, 0.25) is 5.28 Å². The van der Waals surface area contributed by atoms with Gasteiger partial charge in [0.15, 0.2) is 0 Å². The van der Waals surface area contributed by atoms with E-state index in [1.807, 2.05) is 0 Å². The number of anilines is 1. The van der Waals surface area contributed by atoms with Crippen LogP contribution in [0.25, 0.3) is 0 Å². The maximum Gasteiger partial charge on any atom is 0.421 e. The number of aromatic nitrogens is 2. The zero-order valence-electron chi connectivity index (χ0n) is 7.55. The summed E-state index contributed by atoms with van der Waals surface area (Å²) in [6.07, 6.45) is -2.84. The number of rotatable bonds is 1. The number of nitrogens with zero attached hydrogens (tertiary/aromatic N) is 3. The smallest absolute Gasteiger partial charge is 0.356 e. The fourth-order valence-corrected chi connectivity index (χ4v) is 1.45. The van der Waals surface area contributed by atoms with Crippen LogP contribution in [0.5, 0.6) is 0 Å². The molecule has 0 aliphatic carbocycles. The lowest BCUT2D eigenvalue weighted by Crippen LogP contribution is -2.39. The maximum absolute atomic E-state index is 12.6. The lowest BCUT2D eigenvalue weighted by atomic mass is 10.2. The van der Waals surface area contributed by atoms with Crippen LogP contribution in [0.3, 0.4) is 0 Å². The molecular weight excluding hydrogens is 231 g/mol. The summed E-state index contributed by atoms with van der Waals surface area (Å²) in [5.41, 5.74) is -0.827. The minimum absolute atomic E-state index is 0.117. The summed E-state index contributed by atoms with van der Waals surface area (Å²) in [6, 6.07) is 0. The van der Waals surface area contributed by atoms with Crippen LogP contribution in [0.1, 0.15) is 12.0 Å². The average Bonchev–Trinajstić information content (AvgIpc) is 1.98. The van der Waals surface area contributed by atoms with E-state index in [9.17, 15) is 13.2 Å². The first kappa shape index (κ1) is 10.5. The van der Waals surface area contributed by atoms with Gasteiger partial charge >= 0.3 is 6.18 Å². The lowest BCUT2D eigenvalue weighted by molar-refractivity contribution is -0.137. The van der Waals surface area contributed by atoms with Gasteiger partial charge in [-0.15, -0.1) is 0 Å². The van der Waals surface area contributed by atoms with Crippen molar-refractivity contribution in [1.29, 1.82) is 0 Å². The van der Waals surface area contributed by atoms with Crippen LogP contribution in [0.15, 0.2) is 6.20 Å². The second-order valence-electron chi connectivity index (χ2n) is 3.21. The molecule has 1 aliphatic rings. The van der Waals surface area contributed by atoms with E-state index >= 15 is 0 Å². The largest absolute Gasteiger partial charge is 0.421 e. The van der Waals surface area contributed by atoms with Crippen molar-refractivity contribution in [3.8, 4) is 0 Å². The molecule has 0 amide bonds. The quantitative estimate of drug-likeness (QED) is 0.702. The molecule has 0 unspecified atom stereocenters. The van der Waals surface area contributed by atoms with E-state index in [4.69, 9.17) is 11.6 Å². The Morgan fingerprint density at radius 1 is 1.33 bits per heavy atom. The minimum atomic E-state index is -4.44. The van der Waals surface area contributed by atoms with Gasteiger partial charge in [-0.25, -0.2) is 4.98 Å². The predicted molar refractivity (Wildman–Crippen MR) is 48.9 cm³/mol. The summed E-state index contributed by atoms with van der Waals surface area (Å²) in [7, 11) is 0. The van der Waals surface area contributed by atoms with E-state index in [1.54, 1.807) is 0 Å². The molecule has 0 radical (unpaired) electrons. The van der Waals surface area contributed by atoms with Crippen LogP contribution in [0.4, 0.5) is 19.0 Å². The Hall–Kier alpha value is -1.04. The van der Waals surface area contributed by atoms with Crippen molar-refractivity contribution in [3.05, 3.63) is 17.0 Å². The van der Waals surface area contributed by atoms with Gasteiger partial charge in [-0.1, -0.05) is 0 Å². The molecule has 0 spiro atoms. The van der Waals surface area contributed by atoms with Gasteiger partial charge in [0.2, 0.25) is 5.28 Å². The zero-order valence-corrected chi connectivity index (χ0v) is 8.31. The Labute approximate surface area is 88.9 Å². The fraction of sp³-hybridized carbons (Fsp3) is 0.500. The molecule has 0 atom stereocenters. The first-order valence-electron chi connectivity index (χ1n) is 4.33. The maximum atomic E-state index is 12.6. The molecule has 15 heavy (non-hydrogen) atoms. The molecule has 0 bridgehead atoms. The van der Waals surface area contributed by atoms with E-state index in [1.165, 1.54) is 4.90 Å².